The number of carbonyl (C=O) groups excluding carboxylic acids is 1. The minimum Gasteiger partial charge on any atom is -0.492 e. The van der Waals surface area contributed by atoms with E-state index in [9.17, 15) is 4.79 Å². The van der Waals surface area contributed by atoms with Crippen LogP contribution < -0.4 is 10.1 Å². The van der Waals surface area contributed by atoms with Crippen molar-refractivity contribution >= 4 is 39.2 Å². The fourth-order valence-corrected chi connectivity index (χ4v) is 4.65. The third-order valence-corrected chi connectivity index (χ3v) is 6.79. The summed E-state index contributed by atoms with van der Waals surface area (Å²) in [6.45, 7) is 4.90. The van der Waals surface area contributed by atoms with Crippen LogP contribution in [0, 0.1) is 0 Å². The van der Waals surface area contributed by atoms with E-state index in [-0.39, 0.29) is 5.91 Å². The van der Waals surface area contributed by atoms with Gasteiger partial charge >= 0.3 is 0 Å². The first-order valence-corrected chi connectivity index (χ1v) is 12.6. The molecule has 3 aromatic rings. The van der Waals surface area contributed by atoms with E-state index in [1.54, 1.807) is 12.1 Å². The van der Waals surface area contributed by atoms with Crippen molar-refractivity contribution in [1.82, 2.24) is 15.1 Å². The standard InChI is InChI=1S/C27H28BrN3O2S/c28-24-19-23(11-12-25(24)33-18-13-21-7-3-1-4-8-21)26(32)29-27(34)31-16-14-30(15-17-31)20-22-9-5-2-6-10-22/h1-12,19H,13-18,20H2,(H,29,32,34). The van der Waals surface area contributed by atoms with E-state index in [0.717, 1.165) is 43.6 Å². The van der Waals surface area contributed by atoms with Crippen LogP contribution >= 0.6 is 28.1 Å². The van der Waals surface area contributed by atoms with Crippen molar-refractivity contribution in [3.8, 4) is 5.75 Å². The van der Waals surface area contributed by atoms with Crippen LogP contribution in [0.25, 0.3) is 0 Å². The highest BCUT2D eigenvalue weighted by Crippen LogP contribution is 2.26. The first-order chi connectivity index (χ1) is 16.6. The zero-order chi connectivity index (χ0) is 23.8. The molecule has 3 aromatic carbocycles. The van der Waals surface area contributed by atoms with Gasteiger partial charge in [-0.15, -0.1) is 0 Å². The van der Waals surface area contributed by atoms with Gasteiger partial charge in [-0.25, -0.2) is 0 Å². The smallest absolute Gasteiger partial charge is 0.257 e. The average Bonchev–Trinajstić information content (AvgIpc) is 2.86. The number of nitrogens with one attached hydrogen (secondary N) is 1. The Morgan fingerprint density at radius 1 is 0.912 bits per heavy atom. The molecule has 0 saturated carbocycles. The molecule has 0 unspecified atom stereocenters. The van der Waals surface area contributed by atoms with Gasteiger partial charge in [-0.05, 0) is 57.5 Å². The zero-order valence-electron chi connectivity index (χ0n) is 19.0. The van der Waals surface area contributed by atoms with Gasteiger partial charge in [0.2, 0.25) is 0 Å². The van der Waals surface area contributed by atoms with Crippen LogP contribution in [-0.4, -0.2) is 53.6 Å². The number of benzene rings is 3. The molecule has 1 saturated heterocycles. The van der Waals surface area contributed by atoms with Crippen LogP contribution in [0.3, 0.4) is 0 Å². The highest BCUT2D eigenvalue weighted by molar-refractivity contribution is 9.10. The van der Waals surface area contributed by atoms with E-state index in [4.69, 9.17) is 17.0 Å². The fraction of sp³-hybridized carbons (Fsp3) is 0.259. The highest BCUT2D eigenvalue weighted by Gasteiger charge is 2.21. The Hall–Kier alpha value is -2.74. The molecule has 34 heavy (non-hydrogen) atoms. The number of hydrogen-bond acceptors (Lipinski definition) is 4. The summed E-state index contributed by atoms with van der Waals surface area (Å²) in [5.41, 5.74) is 3.07. The summed E-state index contributed by atoms with van der Waals surface area (Å²) in [6.07, 6.45) is 0.822. The third-order valence-electron chi connectivity index (χ3n) is 5.81. The minimum absolute atomic E-state index is 0.215. The van der Waals surface area contributed by atoms with Gasteiger partial charge in [0.15, 0.2) is 5.11 Å². The lowest BCUT2D eigenvalue weighted by molar-refractivity contribution is 0.0969. The largest absolute Gasteiger partial charge is 0.492 e. The summed E-state index contributed by atoms with van der Waals surface area (Å²) in [4.78, 5) is 17.2. The molecular formula is C27H28BrN3O2S. The molecule has 5 nitrogen and oxygen atoms in total. The number of amides is 1. The number of halogens is 1. The van der Waals surface area contributed by atoms with Crippen molar-refractivity contribution in [2.75, 3.05) is 32.8 Å². The molecule has 1 aliphatic rings. The molecule has 4 rings (SSSR count). The highest BCUT2D eigenvalue weighted by atomic mass is 79.9. The van der Waals surface area contributed by atoms with Crippen molar-refractivity contribution in [3.63, 3.8) is 0 Å². The topological polar surface area (TPSA) is 44.8 Å². The summed E-state index contributed by atoms with van der Waals surface area (Å²) in [5, 5.41) is 3.36. The Kier molecular flexibility index (Phi) is 8.68. The molecule has 0 radical (unpaired) electrons. The van der Waals surface area contributed by atoms with Crippen molar-refractivity contribution in [2.24, 2.45) is 0 Å². The Bertz CT molecular complexity index is 1100. The van der Waals surface area contributed by atoms with E-state index >= 15 is 0 Å². The average molecular weight is 539 g/mol. The van der Waals surface area contributed by atoms with E-state index in [2.05, 4.69) is 67.4 Å². The second kappa shape index (κ2) is 12.1. The molecular weight excluding hydrogens is 510 g/mol. The van der Waals surface area contributed by atoms with Crippen LogP contribution in [0.1, 0.15) is 21.5 Å². The van der Waals surface area contributed by atoms with Gasteiger partial charge < -0.3 is 9.64 Å². The van der Waals surface area contributed by atoms with Crippen LogP contribution in [0.4, 0.5) is 0 Å². The SMILES string of the molecule is O=C(NC(=S)N1CCN(Cc2ccccc2)CC1)c1ccc(OCCc2ccccc2)c(Br)c1. The van der Waals surface area contributed by atoms with Gasteiger partial charge in [0, 0.05) is 44.7 Å². The summed E-state index contributed by atoms with van der Waals surface area (Å²) >= 11 is 9.04. The molecule has 0 aromatic heterocycles. The van der Waals surface area contributed by atoms with Gasteiger partial charge in [0.1, 0.15) is 5.75 Å². The van der Waals surface area contributed by atoms with Gasteiger partial charge in [-0.3, -0.25) is 15.0 Å². The first kappa shape index (κ1) is 24.4. The second-order valence-corrected chi connectivity index (χ2v) is 9.48. The number of nitrogens with zero attached hydrogens (tertiary/aromatic N) is 2. The van der Waals surface area contributed by atoms with Crippen LogP contribution in [-0.2, 0) is 13.0 Å². The quantitative estimate of drug-likeness (QED) is 0.434. The van der Waals surface area contributed by atoms with Gasteiger partial charge in [-0.1, -0.05) is 60.7 Å². The number of piperazine rings is 1. The molecule has 7 heteroatoms. The van der Waals surface area contributed by atoms with E-state index in [1.165, 1.54) is 11.1 Å². The van der Waals surface area contributed by atoms with E-state index < -0.39 is 0 Å². The van der Waals surface area contributed by atoms with Gasteiger partial charge in [-0.2, -0.15) is 0 Å². The monoisotopic (exact) mass is 537 g/mol. The molecule has 0 spiro atoms. The van der Waals surface area contributed by atoms with Crippen molar-refractivity contribution < 1.29 is 9.53 Å². The predicted molar refractivity (Wildman–Crippen MR) is 143 cm³/mol. The molecule has 0 aliphatic carbocycles. The maximum atomic E-state index is 12.8. The number of carbonyl (C=O) groups is 1. The fourth-order valence-electron chi connectivity index (χ4n) is 3.88. The summed E-state index contributed by atoms with van der Waals surface area (Å²) in [7, 11) is 0. The Labute approximate surface area is 214 Å². The van der Waals surface area contributed by atoms with Crippen molar-refractivity contribution in [1.29, 1.82) is 0 Å². The molecule has 1 amide bonds. The van der Waals surface area contributed by atoms with Gasteiger partial charge in [0.25, 0.3) is 5.91 Å². The number of ether oxygens (including phenoxy) is 1. The summed E-state index contributed by atoms with van der Waals surface area (Å²) in [6, 6.07) is 26.0. The molecule has 176 valence electrons. The Morgan fingerprint density at radius 3 is 2.21 bits per heavy atom. The Morgan fingerprint density at radius 2 is 1.56 bits per heavy atom. The maximum Gasteiger partial charge on any atom is 0.257 e. The summed E-state index contributed by atoms with van der Waals surface area (Å²) < 4.78 is 6.63. The minimum atomic E-state index is -0.215. The van der Waals surface area contributed by atoms with Crippen LogP contribution in [0.15, 0.2) is 83.3 Å². The molecule has 0 atom stereocenters. The van der Waals surface area contributed by atoms with Gasteiger partial charge in [0.05, 0.1) is 11.1 Å². The molecule has 1 aliphatic heterocycles. The molecule has 1 fully saturated rings. The van der Waals surface area contributed by atoms with Crippen LogP contribution in [0.2, 0.25) is 0 Å². The van der Waals surface area contributed by atoms with E-state index in [0.29, 0.717) is 23.0 Å². The molecule has 1 heterocycles. The second-order valence-electron chi connectivity index (χ2n) is 8.24. The number of hydrogen-bond donors (Lipinski definition) is 1. The lowest BCUT2D eigenvalue weighted by Crippen LogP contribution is -2.52. The molecule has 0 bridgehead atoms. The lowest BCUT2D eigenvalue weighted by Gasteiger charge is -2.36. The number of thiocarbonyl (C=S) groups is 1. The Balaban J connectivity index is 1.23. The van der Waals surface area contributed by atoms with Crippen molar-refractivity contribution in [3.05, 3.63) is 100 Å². The third kappa shape index (κ3) is 6.88. The zero-order valence-corrected chi connectivity index (χ0v) is 21.4. The maximum absolute atomic E-state index is 12.8. The van der Waals surface area contributed by atoms with Crippen LogP contribution in [0.5, 0.6) is 5.75 Å². The van der Waals surface area contributed by atoms with E-state index in [1.807, 2.05) is 30.3 Å². The predicted octanol–water partition coefficient (Wildman–Crippen LogP) is 4.90. The summed E-state index contributed by atoms with van der Waals surface area (Å²) in [5.74, 6) is 0.498. The normalized spacial score (nSPS) is 14.0. The van der Waals surface area contributed by atoms with Crippen molar-refractivity contribution in [2.45, 2.75) is 13.0 Å². The molecule has 1 N–H and O–H groups in total. The lowest BCUT2D eigenvalue weighted by atomic mass is 10.2. The number of rotatable bonds is 7. The first-order valence-electron chi connectivity index (χ1n) is 11.4.